The summed E-state index contributed by atoms with van der Waals surface area (Å²) in [4.78, 5) is 0. The lowest BCUT2D eigenvalue weighted by molar-refractivity contribution is 0.395. The molecule has 84 valence electrons. The summed E-state index contributed by atoms with van der Waals surface area (Å²) in [7, 11) is -5.17. The topological polar surface area (TPSA) is 44.5 Å². The Morgan fingerprint density at radius 2 is 2.00 bits per heavy atom. The predicted octanol–water partition coefficient (Wildman–Crippen LogP) is 1.90. The molecule has 0 aliphatic heterocycles. The van der Waals surface area contributed by atoms with Gasteiger partial charge in [-0.3, -0.25) is 0 Å². The molecule has 1 aromatic rings. The number of aryl methyl sites for hydroxylation is 1. The number of methoxy groups -OCH3 is 2. The fourth-order valence-corrected chi connectivity index (χ4v) is 1.42. The maximum Gasteiger partial charge on any atom is 0.122 e. The van der Waals surface area contributed by atoms with Gasteiger partial charge in [-0.25, -0.2) is 0 Å². The van der Waals surface area contributed by atoms with Crippen LogP contribution in [0.25, 0.3) is 0 Å². The number of nitrogens with two attached hydrogens (primary N) is 1. The minimum absolute atomic E-state index is 0.155. The molecular formula is C12H19NO2. The molecule has 1 unspecified atom stereocenters. The van der Waals surface area contributed by atoms with Gasteiger partial charge in [0.05, 0.1) is 22.3 Å². The van der Waals surface area contributed by atoms with E-state index in [1.807, 2.05) is 0 Å². The normalized spacial score (nSPS) is 19.9. The molecule has 0 amide bonds. The van der Waals surface area contributed by atoms with Gasteiger partial charge in [-0.05, 0) is 43.5 Å². The average molecular weight is 215 g/mol. The smallest absolute Gasteiger partial charge is 0.122 e. The van der Waals surface area contributed by atoms with Crippen LogP contribution in [0.3, 0.4) is 0 Å². The van der Waals surface area contributed by atoms with Crippen LogP contribution in [0.15, 0.2) is 12.1 Å². The molecule has 2 N–H and O–H groups in total. The fraction of sp³-hybridized carbons (Fsp3) is 0.500. The Morgan fingerprint density at radius 1 is 1.33 bits per heavy atom. The summed E-state index contributed by atoms with van der Waals surface area (Å²) in [5, 5.41) is 0. The van der Waals surface area contributed by atoms with Gasteiger partial charge in [-0.2, -0.15) is 0 Å². The Bertz CT molecular complexity index is 496. The van der Waals surface area contributed by atoms with E-state index in [0.717, 1.165) is 0 Å². The highest BCUT2D eigenvalue weighted by Crippen LogP contribution is 2.28. The van der Waals surface area contributed by atoms with Crippen molar-refractivity contribution in [3.05, 3.63) is 23.3 Å². The predicted molar refractivity (Wildman–Crippen MR) is 61.6 cm³/mol. The van der Waals surface area contributed by atoms with E-state index in [1.54, 1.807) is 13.8 Å². The third-order valence-electron chi connectivity index (χ3n) is 2.12. The maximum atomic E-state index is 7.18. The zero-order valence-corrected chi connectivity index (χ0v) is 8.83. The van der Waals surface area contributed by atoms with Crippen molar-refractivity contribution in [2.24, 2.45) is 5.73 Å². The Morgan fingerprint density at radius 3 is 2.60 bits per heavy atom. The van der Waals surface area contributed by atoms with Crippen LogP contribution >= 0.6 is 0 Å². The van der Waals surface area contributed by atoms with Crippen molar-refractivity contribution < 1.29 is 17.7 Å². The first-order chi connectivity index (χ1) is 9.37. The molecule has 0 fully saturated rings. The molecule has 1 rings (SSSR count). The van der Waals surface area contributed by atoms with E-state index >= 15 is 0 Å². The van der Waals surface area contributed by atoms with E-state index in [2.05, 4.69) is 0 Å². The number of hydrogen-bond acceptors (Lipinski definition) is 3. The highest BCUT2D eigenvalue weighted by atomic mass is 16.5. The highest BCUT2D eigenvalue weighted by Gasteiger charge is 2.09. The van der Waals surface area contributed by atoms with E-state index in [1.165, 1.54) is 12.1 Å². The second-order valence-electron chi connectivity index (χ2n) is 3.61. The molecule has 15 heavy (non-hydrogen) atoms. The molecule has 0 aromatic heterocycles. The molecular weight excluding hydrogens is 190 g/mol. The summed E-state index contributed by atoms with van der Waals surface area (Å²) < 4.78 is 52.8. The third-order valence-corrected chi connectivity index (χ3v) is 2.12. The van der Waals surface area contributed by atoms with Crippen LogP contribution in [0, 0.1) is 6.92 Å². The number of benzene rings is 1. The summed E-state index contributed by atoms with van der Waals surface area (Å²) in [6, 6.07) is 2.67. The van der Waals surface area contributed by atoms with Gasteiger partial charge < -0.3 is 15.2 Å². The van der Waals surface area contributed by atoms with Crippen molar-refractivity contribution in [3.63, 3.8) is 0 Å². The Hall–Kier alpha value is -1.22. The van der Waals surface area contributed by atoms with Crippen LogP contribution in [-0.4, -0.2) is 20.1 Å². The van der Waals surface area contributed by atoms with Crippen LogP contribution in [0.2, 0.25) is 0 Å². The molecule has 0 saturated heterocycles. The summed E-state index contributed by atoms with van der Waals surface area (Å²) in [6.07, 6.45) is 0.336. The number of ether oxygens (including phenoxy) is 2. The minimum atomic E-state index is -2.59. The lowest BCUT2D eigenvalue weighted by Crippen LogP contribution is -2.18. The molecule has 1 aromatic carbocycles. The zero-order valence-electron chi connectivity index (χ0n) is 14.8. The Balaban J connectivity index is 3.22. The van der Waals surface area contributed by atoms with Gasteiger partial charge >= 0.3 is 0 Å². The van der Waals surface area contributed by atoms with Gasteiger partial charge in [0.25, 0.3) is 0 Å². The van der Waals surface area contributed by atoms with Gasteiger partial charge in [0, 0.05) is 6.04 Å². The first-order valence-electron chi connectivity index (χ1n) is 7.64. The SMILES string of the molecule is [2H]C([2H])([2H])Oc1cc(CC(C)N)c(OC([2H])([2H])[2H])cc1C. The van der Waals surface area contributed by atoms with Crippen LogP contribution in [0.5, 0.6) is 11.5 Å². The lowest BCUT2D eigenvalue weighted by Gasteiger charge is -2.14. The second-order valence-corrected chi connectivity index (χ2v) is 3.61. The molecule has 0 bridgehead atoms. The zero-order chi connectivity index (χ0) is 16.4. The number of rotatable bonds is 4. The van der Waals surface area contributed by atoms with Crippen molar-refractivity contribution >= 4 is 0 Å². The molecule has 0 radical (unpaired) electrons. The molecule has 0 spiro atoms. The van der Waals surface area contributed by atoms with Crippen molar-refractivity contribution in [2.45, 2.75) is 26.3 Å². The van der Waals surface area contributed by atoms with Crippen LogP contribution in [0.1, 0.15) is 26.3 Å². The quantitative estimate of drug-likeness (QED) is 0.834. The van der Waals surface area contributed by atoms with Gasteiger partial charge in [0.1, 0.15) is 11.5 Å². The van der Waals surface area contributed by atoms with E-state index in [0.29, 0.717) is 17.5 Å². The number of hydrogen-bond donors (Lipinski definition) is 1. The second kappa shape index (κ2) is 5.03. The largest absolute Gasteiger partial charge is 0.496 e. The first kappa shape index (κ1) is 5.75. The summed E-state index contributed by atoms with van der Waals surface area (Å²) >= 11 is 0. The fourth-order valence-electron chi connectivity index (χ4n) is 1.42. The standard InChI is InChI=1S/C12H19NO2/c1-8-5-12(15-4)10(6-9(2)13)7-11(8)14-3/h5,7,9H,6,13H2,1-4H3/i3D3,4D3. The molecule has 0 aliphatic carbocycles. The molecule has 0 saturated carbocycles. The summed E-state index contributed by atoms with van der Waals surface area (Å²) in [6.45, 7) is 3.37. The van der Waals surface area contributed by atoms with Gasteiger partial charge in [-0.1, -0.05) is 0 Å². The van der Waals surface area contributed by atoms with Gasteiger partial charge in [0.2, 0.25) is 0 Å². The molecule has 3 nitrogen and oxygen atoms in total. The van der Waals surface area contributed by atoms with Gasteiger partial charge in [0.15, 0.2) is 0 Å². The van der Waals surface area contributed by atoms with Crippen molar-refractivity contribution in [3.8, 4) is 11.5 Å². The van der Waals surface area contributed by atoms with Crippen LogP contribution in [-0.2, 0) is 6.42 Å². The Labute approximate surface area is 99.6 Å². The van der Waals surface area contributed by atoms with Crippen molar-refractivity contribution in [2.75, 3.05) is 14.1 Å². The van der Waals surface area contributed by atoms with Gasteiger partial charge in [-0.15, -0.1) is 0 Å². The molecule has 0 heterocycles. The first-order valence-corrected chi connectivity index (χ1v) is 4.64. The molecule has 0 aliphatic rings. The minimum Gasteiger partial charge on any atom is -0.496 e. The molecule has 3 heteroatoms. The maximum absolute atomic E-state index is 7.18. The van der Waals surface area contributed by atoms with Crippen molar-refractivity contribution in [1.82, 2.24) is 0 Å². The lowest BCUT2D eigenvalue weighted by atomic mass is 10.0. The summed E-state index contributed by atoms with van der Waals surface area (Å²) in [5.41, 5.74) is 6.69. The highest BCUT2D eigenvalue weighted by molar-refractivity contribution is 5.46. The monoisotopic (exact) mass is 215 g/mol. The third kappa shape index (κ3) is 2.86. The van der Waals surface area contributed by atoms with Crippen LogP contribution in [0.4, 0.5) is 0 Å². The van der Waals surface area contributed by atoms with E-state index in [9.17, 15) is 0 Å². The van der Waals surface area contributed by atoms with Crippen molar-refractivity contribution in [1.29, 1.82) is 0 Å². The average Bonchev–Trinajstić information content (AvgIpc) is 2.19. The van der Waals surface area contributed by atoms with E-state index < -0.39 is 14.1 Å². The van der Waals surface area contributed by atoms with E-state index in [4.69, 9.17) is 23.4 Å². The van der Waals surface area contributed by atoms with Crippen LogP contribution < -0.4 is 15.2 Å². The Kier molecular flexibility index (Phi) is 1.93. The summed E-state index contributed by atoms with van der Waals surface area (Å²) in [5.74, 6) is 0.311. The molecule has 1 atom stereocenters. The van der Waals surface area contributed by atoms with E-state index in [-0.39, 0.29) is 17.5 Å².